The van der Waals surface area contributed by atoms with Crippen molar-refractivity contribution in [2.24, 2.45) is 4.99 Å². The number of nitrogens with zero attached hydrogens (tertiary/aromatic N) is 2. The quantitative estimate of drug-likeness (QED) is 0.681. The summed E-state index contributed by atoms with van der Waals surface area (Å²) in [4.78, 5) is 4.16. The van der Waals surface area contributed by atoms with Crippen LogP contribution in [-0.2, 0) is 10.0 Å². The molecule has 0 spiro atoms. The lowest BCUT2D eigenvalue weighted by atomic mass is 10.2. The number of benzene rings is 2. The van der Waals surface area contributed by atoms with Crippen LogP contribution in [0.5, 0.6) is 0 Å². The Labute approximate surface area is 145 Å². The van der Waals surface area contributed by atoms with Crippen molar-refractivity contribution in [3.63, 3.8) is 0 Å². The van der Waals surface area contributed by atoms with Crippen molar-refractivity contribution in [1.29, 1.82) is 0 Å². The Kier molecular flexibility index (Phi) is 4.53. The zero-order chi connectivity index (χ0) is 18.1. The van der Waals surface area contributed by atoms with Crippen molar-refractivity contribution in [3.8, 4) is 10.4 Å². The van der Waals surface area contributed by atoms with Gasteiger partial charge < -0.3 is 0 Å². The van der Waals surface area contributed by atoms with Gasteiger partial charge in [-0.1, -0.05) is 59.9 Å². The lowest BCUT2D eigenvalue weighted by Gasteiger charge is -2.08. The largest absolute Gasteiger partial charge is 0.517 e. The summed E-state index contributed by atoms with van der Waals surface area (Å²) in [5.74, 6) is 0. The van der Waals surface area contributed by atoms with Crippen LogP contribution in [0.3, 0.4) is 0 Å². The topological polar surface area (TPSA) is 51.4 Å². The number of aromatic nitrogens is 1. The SMILES string of the molecule is O=S(=O)(n1cc(-c2ccccc2)sc1=Nc1ccccc1)C(F)(F)F. The van der Waals surface area contributed by atoms with E-state index in [-0.39, 0.29) is 8.77 Å². The van der Waals surface area contributed by atoms with E-state index in [1.165, 1.54) is 0 Å². The van der Waals surface area contributed by atoms with E-state index in [9.17, 15) is 21.6 Å². The van der Waals surface area contributed by atoms with Crippen LogP contribution < -0.4 is 4.80 Å². The van der Waals surface area contributed by atoms with Crippen LogP contribution in [0.25, 0.3) is 10.4 Å². The van der Waals surface area contributed by atoms with Crippen LogP contribution in [-0.4, -0.2) is 17.9 Å². The van der Waals surface area contributed by atoms with Crippen molar-refractivity contribution in [1.82, 2.24) is 3.97 Å². The monoisotopic (exact) mass is 384 g/mol. The lowest BCUT2D eigenvalue weighted by molar-refractivity contribution is -0.0446. The Hall–Kier alpha value is -2.39. The molecule has 25 heavy (non-hydrogen) atoms. The highest BCUT2D eigenvalue weighted by atomic mass is 32.2. The number of alkyl halides is 3. The van der Waals surface area contributed by atoms with Gasteiger partial charge in [0.1, 0.15) is 0 Å². The van der Waals surface area contributed by atoms with Crippen molar-refractivity contribution in [2.45, 2.75) is 5.51 Å². The van der Waals surface area contributed by atoms with Crippen LogP contribution >= 0.6 is 11.3 Å². The van der Waals surface area contributed by atoms with Crippen LogP contribution in [0.15, 0.2) is 71.9 Å². The molecule has 1 aromatic heterocycles. The summed E-state index contributed by atoms with van der Waals surface area (Å²) < 4.78 is 63.0. The van der Waals surface area contributed by atoms with E-state index >= 15 is 0 Å². The molecule has 0 unspecified atom stereocenters. The van der Waals surface area contributed by atoms with Crippen molar-refractivity contribution in [2.75, 3.05) is 0 Å². The van der Waals surface area contributed by atoms with E-state index < -0.39 is 15.5 Å². The number of hydrogen-bond acceptors (Lipinski definition) is 4. The minimum absolute atomic E-state index is 0.188. The molecule has 0 radical (unpaired) electrons. The first-order valence-corrected chi connectivity index (χ1v) is 9.24. The summed E-state index contributed by atoms with van der Waals surface area (Å²) >= 11 is 0.868. The van der Waals surface area contributed by atoms with Gasteiger partial charge in [0.2, 0.25) is 4.80 Å². The molecule has 0 atom stereocenters. The number of hydrogen-bond donors (Lipinski definition) is 0. The molecule has 2 aromatic carbocycles. The molecule has 3 aromatic rings. The van der Waals surface area contributed by atoms with Gasteiger partial charge in [-0.05, 0) is 17.7 Å². The molecule has 0 aliphatic heterocycles. The molecule has 0 bridgehead atoms. The standard InChI is InChI=1S/C16H11F3N2O2S2/c17-16(18,19)25(22,23)21-11-14(12-7-3-1-4-8-12)24-15(21)20-13-9-5-2-6-10-13/h1-11H. The van der Waals surface area contributed by atoms with E-state index in [1.807, 2.05) is 0 Å². The fourth-order valence-corrected chi connectivity index (χ4v) is 4.13. The van der Waals surface area contributed by atoms with Gasteiger partial charge in [0.15, 0.2) is 0 Å². The Morgan fingerprint density at radius 1 is 0.920 bits per heavy atom. The average molecular weight is 384 g/mol. The van der Waals surface area contributed by atoms with Gasteiger partial charge in [0, 0.05) is 6.20 Å². The molecule has 1 heterocycles. The predicted octanol–water partition coefficient (Wildman–Crippen LogP) is 4.15. The van der Waals surface area contributed by atoms with Crippen LogP contribution in [0.4, 0.5) is 18.9 Å². The molecule has 0 amide bonds. The molecule has 0 aliphatic carbocycles. The Morgan fingerprint density at radius 2 is 1.48 bits per heavy atom. The second kappa shape index (κ2) is 6.49. The first-order chi connectivity index (χ1) is 11.8. The summed E-state index contributed by atoms with van der Waals surface area (Å²) in [5.41, 5.74) is -4.46. The van der Waals surface area contributed by atoms with Gasteiger partial charge >= 0.3 is 15.5 Å². The summed E-state index contributed by atoms with van der Waals surface area (Å²) in [5, 5.41) is 0. The zero-order valence-corrected chi connectivity index (χ0v) is 14.1. The maximum atomic E-state index is 13.0. The molecule has 130 valence electrons. The summed E-state index contributed by atoms with van der Waals surface area (Å²) in [6.45, 7) is 0. The van der Waals surface area contributed by atoms with Crippen LogP contribution in [0.1, 0.15) is 0 Å². The fraction of sp³-hybridized carbons (Fsp3) is 0.0625. The number of halogens is 3. The average Bonchev–Trinajstić information content (AvgIpc) is 3.00. The normalized spacial score (nSPS) is 13.2. The summed E-state index contributed by atoms with van der Waals surface area (Å²) in [6.07, 6.45) is 0.949. The third kappa shape index (κ3) is 3.52. The molecular formula is C16H11F3N2O2S2. The smallest absolute Gasteiger partial charge is 0.220 e. The highest BCUT2D eigenvalue weighted by Crippen LogP contribution is 2.28. The minimum atomic E-state index is -5.58. The van der Waals surface area contributed by atoms with E-state index in [0.29, 0.717) is 16.1 Å². The predicted molar refractivity (Wildman–Crippen MR) is 89.8 cm³/mol. The highest BCUT2D eigenvalue weighted by molar-refractivity contribution is 7.90. The van der Waals surface area contributed by atoms with Crippen molar-refractivity contribution >= 4 is 27.0 Å². The molecule has 0 aliphatic rings. The van der Waals surface area contributed by atoms with Crippen molar-refractivity contribution < 1.29 is 21.6 Å². The fourth-order valence-electron chi connectivity index (χ4n) is 2.04. The van der Waals surface area contributed by atoms with Gasteiger partial charge in [-0.25, -0.2) is 8.96 Å². The van der Waals surface area contributed by atoms with Crippen molar-refractivity contribution in [3.05, 3.63) is 71.7 Å². The molecule has 4 nitrogen and oxygen atoms in total. The first-order valence-electron chi connectivity index (χ1n) is 6.98. The third-order valence-corrected chi connectivity index (χ3v) is 5.74. The van der Waals surface area contributed by atoms with Gasteiger partial charge in [-0.3, -0.25) is 0 Å². The molecule has 0 saturated heterocycles. The molecule has 9 heteroatoms. The molecule has 3 rings (SSSR count). The minimum Gasteiger partial charge on any atom is -0.220 e. The molecular weight excluding hydrogens is 373 g/mol. The Morgan fingerprint density at radius 3 is 2.04 bits per heavy atom. The maximum Gasteiger partial charge on any atom is 0.517 e. The number of rotatable bonds is 3. The summed E-state index contributed by atoms with van der Waals surface area (Å²) in [7, 11) is -5.58. The van der Waals surface area contributed by atoms with Gasteiger partial charge in [0.25, 0.3) is 0 Å². The third-order valence-electron chi connectivity index (χ3n) is 3.21. The van der Waals surface area contributed by atoms with E-state index in [2.05, 4.69) is 4.99 Å². The van der Waals surface area contributed by atoms with E-state index in [1.54, 1.807) is 60.7 Å². The molecule has 0 N–H and O–H groups in total. The second-order valence-electron chi connectivity index (χ2n) is 4.94. The number of para-hydroxylation sites is 1. The number of thiazole rings is 1. The van der Waals surface area contributed by atoms with E-state index in [0.717, 1.165) is 17.5 Å². The maximum absolute atomic E-state index is 13.0. The van der Waals surface area contributed by atoms with E-state index in [4.69, 9.17) is 0 Å². The van der Waals surface area contributed by atoms with Gasteiger partial charge in [-0.2, -0.15) is 21.6 Å². The van der Waals surface area contributed by atoms with Crippen LogP contribution in [0.2, 0.25) is 0 Å². The second-order valence-corrected chi connectivity index (χ2v) is 7.75. The van der Waals surface area contributed by atoms with Gasteiger partial charge in [-0.15, -0.1) is 0 Å². The molecule has 0 fully saturated rings. The summed E-state index contributed by atoms with van der Waals surface area (Å²) in [6, 6.07) is 16.7. The van der Waals surface area contributed by atoms with Crippen LogP contribution in [0, 0.1) is 0 Å². The first kappa shape index (κ1) is 17.4. The molecule has 0 saturated carbocycles. The Bertz CT molecular complexity index is 1040. The Balaban J connectivity index is 2.26. The van der Waals surface area contributed by atoms with Gasteiger partial charge in [0.05, 0.1) is 10.6 Å². The zero-order valence-electron chi connectivity index (χ0n) is 12.5. The highest BCUT2D eigenvalue weighted by Gasteiger charge is 2.48. The lowest BCUT2D eigenvalue weighted by Crippen LogP contribution is -2.34.